The fourth-order valence-corrected chi connectivity index (χ4v) is 2.43. The van der Waals surface area contributed by atoms with Crippen LogP contribution in [0.1, 0.15) is 11.5 Å². The summed E-state index contributed by atoms with van der Waals surface area (Å²) >= 11 is 5.93. The fraction of sp³-hybridized carbons (Fsp3) is 0.188. The molecule has 0 unspecified atom stereocenters. The molecule has 2 aromatic heterocycles. The number of methoxy groups -OCH3 is 1. The number of nitrogens with one attached hydrogen (secondary N) is 2. The molecule has 3 rings (SSSR count). The molecule has 0 aliphatic rings. The molecule has 0 spiro atoms. The Hall–Kier alpha value is -3.00. The summed E-state index contributed by atoms with van der Waals surface area (Å²) in [7, 11) is 1.49. The van der Waals surface area contributed by atoms with Crippen LogP contribution in [0.5, 0.6) is 5.75 Å². The van der Waals surface area contributed by atoms with Gasteiger partial charge in [0.2, 0.25) is 0 Å². The minimum atomic E-state index is -0.573. The van der Waals surface area contributed by atoms with Crippen molar-refractivity contribution in [3.63, 3.8) is 0 Å². The molecule has 0 fully saturated rings. The third-order valence-electron chi connectivity index (χ3n) is 3.33. The Morgan fingerprint density at radius 1 is 1.16 bits per heavy atom. The van der Waals surface area contributed by atoms with E-state index in [2.05, 4.69) is 20.8 Å². The maximum atomic E-state index is 12.1. The first kappa shape index (κ1) is 16.8. The van der Waals surface area contributed by atoms with Crippen molar-refractivity contribution in [1.82, 2.24) is 10.2 Å². The van der Waals surface area contributed by atoms with E-state index in [1.807, 2.05) is 6.92 Å². The van der Waals surface area contributed by atoms with Crippen LogP contribution < -0.4 is 15.4 Å². The second kappa shape index (κ2) is 6.86. The molecule has 2 heterocycles. The highest BCUT2D eigenvalue weighted by atomic mass is 35.5. The van der Waals surface area contributed by atoms with Crippen LogP contribution in [0.15, 0.2) is 33.1 Å². The van der Waals surface area contributed by atoms with Crippen LogP contribution in [0, 0.1) is 13.8 Å². The third-order valence-corrected chi connectivity index (χ3v) is 3.56. The number of carbonyl (C=O) groups is 1. The second-order valence-electron chi connectivity index (χ2n) is 5.16. The number of halogens is 1. The van der Waals surface area contributed by atoms with Crippen LogP contribution in [0.4, 0.5) is 16.5 Å². The molecule has 0 saturated heterocycles. The number of hydrogen-bond acceptors (Lipinski definition) is 6. The molecule has 0 aliphatic carbocycles. The molecule has 1 aromatic carbocycles. The first-order chi connectivity index (χ1) is 12.0. The van der Waals surface area contributed by atoms with Gasteiger partial charge in [-0.2, -0.15) is 0 Å². The number of furan rings is 1. The van der Waals surface area contributed by atoms with Gasteiger partial charge in [-0.05, 0) is 38.1 Å². The van der Waals surface area contributed by atoms with E-state index in [9.17, 15) is 4.79 Å². The largest absolute Gasteiger partial charge is 0.495 e. The van der Waals surface area contributed by atoms with Crippen molar-refractivity contribution in [2.45, 2.75) is 13.8 Å². The first-order valence-electron chi connectivity index (χ1n) is 7.28. The summed E-state index contributed by atoms with van der Waals surface area (Å²) in [6.45, 7) is 3.61. The molecule has 0 atom stereocenters. The van der Waals surface area contributed by atoms with E-state index < -0.39 is 6.03 Å². The van der Waals surface area contributed by atoms with E-state index in [0.29, 0.717) is 27.8 Å². The Morgan fingerprint density at radius 3 is 2.64 bits per heavy atom. The highest BCUT2D eigenvalue weighted by Gasteiger charge is 2.16. The summed E-state index contributed by atoms with van der Waals surface area (Å²) < 4.78 is 16.0. The van der Waals surface area contributed by atoms with Crippen molar-refractivity contribution in [3.8, 4) is 17.2 Å². The lowest BCUT2D eigenvalue weighted by molar-refractivity contribution is 0.261. The SMILES string of the molecule is COc1ccc(Cl)cc1NC(=O)Nc1nnc(-c2cc(C)oc2C)o1. The Kier molecular flexibility index (Phi) is 4.62. The number of rotatable bonds is 4. The van der Waals surface area contributed by atoms with Gasteiger partial charge < -0.3 is 18.9 Å². The van der Waals surface area contributed by atoms with Crippen LogP contribution in [-0.4, -0.2) is 23.3 Å². The fourth-order valence-electron chi connectivity index (χ4n) is 2.25. The van der Waals surface area contributed by atoms with Gasteiger partial charge in [-0.1, -0.05) is 16.7 Å². The second-order valence-corrected chi connectivity index (χ2v) is 5.60. The van der Waals surface area contributed by atoms with Gasteiger partial charge in [-0.3, -0.25) is 5.32 Å². The Morgan fingerprint density at radius 2 is 1.96 bits per heavy atom. The molecule has 3 aromatic rings. The van der Waals surface area contributed by atoms with Gasteiger partial charge in [0.1, 0.15) is 17.3 Å². The number of ether oxygens (including phenoxy) is 1. The van der Waals surface area contributed by atoms with Crippen LogP contribution in [0.2, 0.25) is 5.02 Å². The monoisotopic (exact) mass is 362 g/mol. The van der Waals surface area contributed by atoms with Crippen molar-refractivity contribution >= 4 is 29.3 Å². The predicted octanol–water partition coefficient (Wildman–Crippen LogP) is 4.25. The summed E-state index contributed by atoms with van der Waals surface area (Å²) in [5, 5.41) is 13.2. The van der Waals surface area contributed by atoms with E-state index in [-0.39, 0.29) is 11.9 Å². The van der Waals surface area contributed by atoms with Gasteiger partial charge in [-0.15, -0.1) is 5.10 Å². The van der Waals surface area contributed by atoms with Gasteiger partial charge in [0.05, 0.1) is 18.4 Å². The zero-order valence-electron chi connectivity index (χ0n) is 13.7. The van der Waals surface area contributed by atoms with Crippen molar-refractivity contribution < 1.29 is 18.4 Å². The Labute approximate surface area is 148 Å². The number of aryl methyl sites for hydroxylation is 2. The van der Waals surface area contributed by atoms with Gasteiger partial charge in [0.25, 0.3) is 5.89 Å². The maximum absolute atomic E-state index is 12.1. The molecular formula is C16H15ClN4O4. The van der Waals surface area contributed by atoms with Crippen molar-refractivity contribution in [2.24, 2.45) is 0 Å². The van der Waals surface area contributed by atoms with Crippen molar-refractivity contribution in [3.05, 3.63) is 40.8 Å². The van der Waals surface area contributed by atoms with E-state index in [4.69, 9.17) is 25.2 Å². The zero-order valence-corrected chi connectivity index (χ0v) is 14.5. The van der Waals surface area contributed by atoms with E-state index in [0.717, 1.165) is 5.76 Å². The molecule has 25 heavy (non-hydrogen) atoms. The molecule has 0 radical (unpaired) electrons. The number of hydrogen-bond donors (Lipinski definition) is 2. The van der Waals surface area contributed by atoms with Gasteiger partial charge in [0.15, 0.2) is 0 Å². The Bertz CT molecular complexity index is 919. The van der Waals surface area contributed by atoms with Gasteiger partial charge in [0, 0.05) is 5.02 Å². The zero-order chi connectivity index (χ0) is 18.0. The van der Waals surface area contributed by atoms with Gasteiger partial charge in [-0.25, -0.2) is 4.79 Å². The topological polar surface area (TPSA) is 102 Å². The molecule has 2 amide bonds. The van der Waals surface area contributed by atoms with E-state index in [1.165, 1.54) is 7.11 Å². The normalized spacial score (nSPS) is 10.6. The van der Waals surface area contributed by atoms with Crippen LogP contribution in [0.25, 0.3) is 11.5 Å². The maximum Gasteiger partial charge on any atom is 0.327 e. The average Bonchev–Trinajstić information content (AvgIpc) is 3.13. The summed E-state index contributed by atoms with van der Waals surface area (Å²) in [5.74, 6) is 2.10. The molecule has 130 valence electrons. The number of anilines is 2. The van der Waals surface area contributed by atoms with Crippen LogP contribution in [-0.2, 0) is 0 Å². The number of carbonyl (C=O) groups excluding carboxylic acids is 1. The first-order valence-corrected chi connectivity index (χ1v) is 7.66. The predicted molar refractivity (Wildman–Crippen MR) is 92.1 cm³/mol. The minimum absolute atomic E-state index is 0.0493. The lowest BCUT2D eigenvalue weighted by Gasteiger charge is -2.10. The molecule has 0 bridgehead atoms. The molecule has 0 aliphatic heterocycles. The smallest absolute Gasteiger partial charge is 0.327 e. The minimum Gasteiger partial charge on any atom is -0.495 e. The van der Waals surface area contributed by atoms with Crippen LogP contribution in [0.3, 0.4) is 0 Å². The molecule has 9 heteroatoms. The molecular weight excluding hydrogens is 348 g/mol. The number of aromatic nitrogens is 2. The lowest BCUT2D eigenvalue weighted by Crippen LogP contribution is -2.20. The van der Waals surface area contributed by atoms with Crippen molar-refractivity contribution in [2.75, 3.05) is 17.7 Å². The summed E-state index contributed by atoms with van der Waals surface area (Å²) in [6.07, 6.45) is 0. The molecule has 0 saturated carbocycles. The van der Waals surface area contributed by atoms with Gasteiger partial charge >= 0.3 is 12.0 Å². The standard InChI is InChI=1S/C16H15ClN4O4/c1-8-6-11(9(2)24-8)14-20-21-16(25-14)19-15(22)18-12-7-10(17)4-5-13(12)23-3/h4-7H,1-3H3,(H2,18,19,21,22). The molecule has 8 nitrogen and oxygen atoms in total. The number of benzene rings is 1. The van der Waals surface area contributed by atoms with Crippen LogP contribution >= 0.6 is 11.6 Å². The Balaban J connectivity index is 1.72. The lowest BCUT2D eigenvalue weighted by atomic mass is 10.2. The summed E-state index contributed by atoms with van der Waals surface area (Å²) in [4.78, 5) is 12.1. The third kappa shape index (κ3) is 3.74. The quantitative estimate of drug-likeness (QED) is 0.719. The summed E-state index contributed by atoms with van der Waals surface area (Å²) in [5.41, 5.74) is 1.09. The number of amides is 2. The number of urea groups is 1. The van der Waals surface area contributed by atoms with E-state index in [1.54, 1.807) is 31.2 Å². The summed E-state index contributed by atoms with van der Waals surface area (Å²) in [6, 6.07) is 6.03. The average molecular weight is 363 g/mol. The molecule has 2 N–H and O–H groups in total. The van der Waals surface area contributed by atoms with E-state index >= 15 is 0 Å². The highest BCUT2D eigenvalue weighted by molar-refractivity contribution is 6.31. The highest BCUT2D eigenvalue weighted by Crippen LogP contribution is 2.28. The van der Waals surface area contributed by atoms with Crippen molar-refractivity contribution in [1.29, 1.82) is 0 Å². The number of nitrogens with zero attached hydrogens (tertiary/aromatic N) is 2.